The molecule has 0 aliphatic carbocycles. The Morgan fingerprint density at radius 3 is 2.15 bits per heavy atom. The van der Waals surface area contributed by atoms with E-state index in [4.69, 9.17) is 9.47 Å². The van der Waals surface area contributed by atoms with Crippen molar-refractivity contribution in [2.45, 2.75) is 32.8 Å². The molecule has 2 aromatic rings. The van der Waals surface area contributed by atoms with Crippen LogP contribution in [-0.4, -0.2) is 30.8 Å². The Hall–Kier alpha value is -2.82. The maximum atomic E-state index is 11.9. The molecule has 0 bridgehead atoms. The van der Waals surface area contributed by atoms with Gasteiger partial charge in [0.15, 0.2) is 0 Å². The number of ether oxygens (including phenoxy) is 2. The maximum absolute atomic E-state index is 11.9. The van der Waals surface area contributed by atoms with Gasteiger partial charge in [0.1, 0.15) is 12.2 Å². The van der Waals surface area contributed by atoms with Gasteiger partial charge in [0.25, 0.3) is 0 Å². The minimum absolute atomic E-state index is 0.111. The van der Waals surface area contributed by atoms with E-state index in [0.29, 0.717) is 0 Å². The smallest absolute Gasteiger partial charge is 0.407 e. The molecule has 0 aliphatic rings. The summed E-state index contributed by atoms with van der Waals surface area (Å²) in [6, 6.07) is 17.9. The van der Waals surface area contributed by atoms with Crippen molar-refractivity contribution >= 4 is 12.1 Å². The third kappa shape index (κ3) is 6.97. The fourth-order valence-electron chi connectivity index (χ4n) is 2.30. The Bertz CT molecular complexity index is 718. The van der Waals surface area contributed by atoms with Gasteiger partial charge in [-0.3, -0.25) is 4.79 Å². The average molecular weight is 355 g/mol. The highest BCUT2D eigenvalue weighted by Gasteiger charge is 2.15. The van der Waals surface area contributed by atoms with Crippen LogP contribution >= 0.6 is 0 Å². The highest BCUT2D eigenvalue weighted by molar-refractivity contribution is 5.73. The molecule has 2 aromatic carbocycles. The van der Waals surface area contributed by atoms with Gasteiger partial charge in [0.2, 0.25) is 0 Å². The van der Waals surface area contributed by atoms with Crippen LogP contribution in [0.15, 0.2) is 54.6 Å². The molecule has 5 nitrogen and oxygen atoms in total. The summed E-state index contributed by atoms with van der Waals surface area (Å²) in [4.78, 5) is 23.3. The molecule has 0 heterocycles. The van der Waals surface area contributed by atoms with Gasteiger partial charge in [0, 0.05) is 0 Å². The molecular formula is C21H25NO4. The number of rotatable bonds is 6. The maximum Gasteiger partial charge on any atom is 0.407 e. The Morgan fingerprint density at radius 2 is 1.54 bits per heavy atom. The van der Waals surface area contributed by atoms with Crippen molar-refractivity contribution < 1.29 is 19.1 Å². The molecular weight excluding hydrogens is 330 g/mol. The Balaban J connectivity index is 1.72. The van der Waals surface area contributed by atoms with Crippen LogP contribution in [0.2, 0.25) is 0 Å². The number of carbonyl (C=O) groups excluding carboxylic acids is 2. The molecule has 0 unspecified atom stereocenters. The number of hydrogen-bond acceptors (Lipinski definition) is 4. The predicted octanol–water partition coefficient (Wildman–Crippen LogP) is 3.96. The van der Waals surface area contributed by atoms with Gasteiger partial charge in [-0.25, -0.2) is 4.79 Å². The van der Waals surface area contributed by atoms with Crippen molar-refractivity contribution in [3.05, 3.63) is 60.2 Å². The lowest BCUT2D eigenvalue weighted by Crippen LogP contribution is -2.34. The van der Waals surface area contributed by atoms with Gasteiger partial charge in [-0.05, 0) is 37.5 Å². The molecule has 5 heteroatoms. The SMILES string of the molecule is CC(C)(C)OC(=O)NCCOC(=O)Cc1ccc(-c2ccccc2)cc1. The van der Waals surface area contributed by atoms with Crippen LogP contribution in [-0.2, 0) is 20.7 Å². The highest BCUT2D eigenvalue weighted by Crippen LogP contribution is 2.19. The van der Waals surface area contributed by atoms with Crippen LogP contribution < -0.4 is 5.32 Å². The summed E-state index contributed by atoms with van der Waals surface area (Å²) in [5.74, 6) is -0.330. The van der Waals surface area contributed by atoms with Gasteiger partial charge in [-0.15, -0.1) is 0 Å². The molecule has 0 aromatic heterocycles. The van der Waals surface area contributed by atoms with Crippen LogP contribution in [0.1, 0.15) is 26.3 Å². The summed E-state index contributed by atoms with van der Waals surface area (Å²) in [6.45, 7) is 5.69. The summed E-state index contributed by atoms with van der Waals surface area (Å²) in [5, 5.41) is 2.55. The second-order valence-corrected chi connectivity index (χ2v) is 6.89. The van der Waals surface area contributed by atoms with Gasteiger partial charge >= 0.3 is 12.1 Å². The molecule has 138 valence electrons. The monoisotopic (exact) mass is 355 g/mol. The molecule has 1 N–H and O–H groups in total. The van der Waals surface area contributed by atoms with E-state index >= 15 is 0 Å². The normalized spacial score (nSPS) is 10.9. The van der Waals surface area contributed by atoms with Crippen LogP contribution in [0.5, 0.6) is 0 Å². The summed E-state index contributed by atoms with van der Waals surface area (Å²) < 4.78 is 10.2. The standard InChI is InChI=1S/C21H25NO4/c1-21(2,3)26-20(24)22-13-14-25-19(23)15-16-9-11-18(12-10-16)17-7-5-4-6-8-17/h4-12H,13-15H2,1-3H3,(H,22,24). The highest BCUT2D eigenvalue weighted by atomic mass is 16.6. The average Bonchev–Trinajstić information content (AvgIpc) is 2.59. The van der Waals surface area contributed by atoms with Crippen molar-refractivity contribution in [1.82, 2.24) is 5.32 Å². The Kier molecular flexibility index (Phi) is 6.78. The number of alkyl carbamates (subject to hydrolysis) is 1. The van der Waals surface area contributed by atoms with E-state index < -0.39 is 11.7 Å². The van der Waals surface area contributed by atoms with Crippen molar-refractivity contribution in [3.63, 3.8) is 0 Å². The summed E-state index contributed by atoms with van der Waals surface area (Å²) >= 11 is 0. The quantitative estimate of drug-likeness (QED) is 0.629. The second-order valence-electron chi connectivity index (χ2n) is 6.89. The lowest BCUT2D eigenvalue weighted by atomic mass is 10.0. The van der Waals surface area contributed by atoms with E-state index in [0.717, 1.165) is 16.7 Å². The lowest BCUT2D eigenvalue weighted by Gasteiger charge is -2.19. The molecule has 26 heavy (non-hydrogen) atoms. The molecule has 0 saturated heterocycles. The van der Waals surface area contributed by atoms with Crippen molar-refractivity contribution in [2.75, 3.05) is 13.2 Å². The molecule has 0 atom stereocenters. The summed E-state index contributed by atoms with van der Waals surface area (Å²) in [6.07, 6.45) is -0.327. The minimum Gasteiger partial charge on any atom is -0.464 e. The minimum atomic E-state index is -0.549. The van der Waals surface area contributed by atoms with Crippen molar-refractivity contribution in [3.8, 4) is 11.1 Å². The molecule has 0 fully saturated rings. The fourth-order valence-corrected chi connectivity index (χ4v) is 2.30. The number of esters is 1. The first kappa shape index (κ1) is 19.5. The van der Waals surface area contributed by atoms with Crippen LogP contribution in [0, 0.1) is 0 Å². The van der Waals surface area contributed by atoms with E-state index in [1.807, 2.05) is 54.6 Å². The Morgan fingerprint density at radius 1 is 0.923 bits per heavy atom. The first-order chi connectivity index (χ1) is 12.3. The Labute approximate surface area is 154 Å². The zero-order valence-electron chi connectivity index (χ0n) is 15.5. The van der Waals surface area contributed by atoms with E-state index in [1.165, 1.54) is 0 Å². The largest absolute Gasteiger partial charge is 0.464 e. The first-order valence-corrected chi connectivity index (χ1v) is 8.60. The first-order valence-electron chi connectivity index (χ1n) is 8.60. The lowest BCUT2D eigenvalue weighted by molar-refractivity contribution is -0.142. The van der Waals surface area contributed by atoms with Crippen LogP contribution in [0.3, 0.4) is 0 Å². The van der Waals surface area contributed by atoms with Crippen molar-refractivity contribution in [1.29, 1.82) is 0 Å². The third-order valence-corrected chi connectivity index (χ3v) is 3.44. The fraction of sp³-hybridized carbons (Fsp3) is 0.333. The second kappa shape index (κ2) is 9.04. The van der Waals surface area contributed by atoms with Crippen LogP contribution in [0.25, 0.3) is 11.1 Å². The predicted molar refractivity (Wildman–Crippen MR) is 101 cm³/mol. The van der Waals surface area contributed by atoms with Crippen molar-refractivity contribution in [2.24, 2.45) is 0 Å². The molecule has 2 rings (SSSR count). The van der Waals surface area contributed by atoms with E-state index in [2.05, 4.69) is 5.32 Å². The zero-order valence-corrected chi connectivity index (χ0v) is 15.5. The van der Waals surface area contributed by atoms with Gasteiger partial charge in [0.05, 0.1) is 13.0 Å². The van der Waals surface area contributed by atoms with Gasteiger partial charge in [-0.1, -0.05) is 54.6 Å². The van der Waals surface area contributed by atoms with Crippen LogP contribution in [0.4, 0.5) is 4.79 Å². The molecule has 0 radical (unpaired) electrons. The number of carbonyl (C=O) groups is 2. The van der Waals surface area contributed by atoms with E-state index in [9.17, 15) is 9.59 Å². The summed E-state index contributed by atoms with van der Waals surface area (Å²) in [7, 11) is 0. The zero-order chi connectivity index (χ0) is 19.0. The number of benzene rings is 2. The topological polar surface area (TPSA) is 64.6 Å². The molecule has 1 amide bonds. The number of hydrogen-bond donors (Lipinski definition) is 1. The van der Waals surface area contributed by atoms with Gasteiger partial charge < -0.3 is 14.8 Å². The van der Waals surface area contributed by atoms with E-state index in [-0.39, 0.29) is 25.5 Å². The summed E-state index contributed by atoms with van der Waals surface area (Å²) in [5.41, 5.74) is 2.57. The molecule has 0 aliphatic heterocycles. The van der Waals surface area contributed by atoms with Gasteiger partial charge in [-0.2, -0.15) is 0 Å². The third-order valence-electron chi connectivity index (χ3n) is 3.44. The number of amides is 1. The number of nitrogens with one attached hydrogen (secondary N) is 1. The molecule has 0 spiro atoms. The van der Waals surface area contributed by atoms with E-state index in [1.54, 1.807) is 20.8 Å². The molecule has 0 saturated carbocycles.